The van der Waals surface area contributed by atoms with Gasteiger partial charge in [-0.1, -0.05) is 18.2 Å². The molecule has 0 saturated carbocycles. The lowest BCUT2D eigenvalue weighted by Gasteiger charge is -2.16. The lowest BCUT2D eigenvalue weighted by molar-refractivity contribution is 0.0786. The Morgan fingerprint density at radius 1 is 1.17 bits per heavy atom. The Morgan fingerprint density at radius 2 is 1.96 bits per heavy atom. The summed E-state index contributed by atoms with van der Waals surface area (Å²) >= 11 is 0. The second-order valence-corrected chi connectivity index (χ2v) is 5.69. The SMILES string of the molecule is O=C(c1nccn2ccnc12)N1CC[C@@H](c2ccccc2F)C1. The van der Waals surface area contributed by atoms with Gasteiger partial charge < -0.3 is 9.30 Å². The maximum Gasteiger partial charge on any atom is 0.276 e. The summed E-state index contributed by atoms with van der Waals surface area (Å²) in [6.45, 7) is 1.10. The minimum absolute atomic E-state index is 0.0274. The summed E-state index contributed by atoms with van der Waals surface area (Å²) in [6, 6.07) is 6.77. The summed E-state index contributed by atoms with van der Waals surface area (Å²) < 4.78 is 15.7. The molecule has 23 heavy (non-hydrogen) atoms. The van der Waals surface area contributed by atoms with E-state index in [4.69, 9.17) is 0 Å². The van der Waals surface area contributed by atoms with Crippen molar-refractivity contribution in [2.24, 2.45) is 0 Å². The molecule has 1 aromatic carbocycles. The van der Waals surface area contributed by atoms with Crippen LogP contribution in [-0.2, 0) is 0 Å². The molecule has 1 amide bonds. The number of carbonyl (C=O) groups is 1. The lowest BCUT2D eigenvalue weighted by atomic mass is 9.98. The van der Waals surface area contributed by atoms with Crippen LogP contribution < -0.4 is 0 Å². The molecular formula is C17H15FN4O. The third kappa shape index (κ3) is 2.36. The van der Waals surface area contributed by atoms with Gasteiger partial charge in [-0.3, -0.25) is 4.79 Å². The second kappa shape index (κ2) is 5.46. The van der Waals surface area contributed by atoms with Gasteiger partial charge in [-0.2, -0.15) is 0 Å². The minimum Gasteiger partial charge on any atom is -0.337 e. The molecule has 116 valence electrons. The number of benzene rings is 1. The number of likely N-dealkylation sites (tertiary alicyclic amines) is 1. The zero-order chi connectivity index (χ0) is 15.8. The Hall–Kier alpha value is -2.76. The highest BCUT2D eigenvalue weighted by Gasteiger charge is 2.31. The van der Waals surface area contributed by atoms with Crippen LogP contribution in [0.15, 0.2) is 49.1 Å². The van der Waals surface area contributed by atoms with Crippen LogP contribution in [0.2, 0.25) is 0 Å². The van der Waals surface area contributed by atoms with Crippen LogP contribution in [0, 0.1) is 5.82 Å². The molecule has 3 aromatic rings. The van der Waals surface area contributed by atoms with E-state index in [1.54, 1.807) is 46.2 Å². The molecule has 1 aliphatic heterocycles. The molecule has 1 saturated heterocycles. The highest BCUT2D eigenvalue weighted by atomic mass is 19.1. The molecule has 0 radical (unpaired) electrons. The van der Waals surface area contributed by atoms with Gasteiger partial charge in [-0.25, -0.2) is 14.4 Å². The van der Waals surface area contributed by atoms with E-state index >= 15 is 0 Å². The van der Waals surface area contributed by atoms with Gasteiger partial charge >= 0.3 is 0 Å². The van der Waals surface area contributed by atoms with Crippen LogP contribution in [-0.4, -0.2) is 38.3 Å². The zero-order valence-corrected chi connectivity index (χ0v) is 12.4. The predicted molar refractivity (Wildman–Crippen MR) is 82.6 cm³/mol. The molecule has 0 unspecified atom stereocenters. The number of nitrogens with zero attached hydrogens (tertiary/aromatic N) is 4. The number of hydrogen-bond donors (Lipinski definition) is 0. The first kappa shape index (κ1) is 13.9. The molecule has 5 nitrogen and oxygen atoms in total. The standard InChI is InChI=1S/C17H15FN4O/c18-14-4-2-1-3-13(14)12-5-8-22(11-12)17(23)15-16-20-7-10-21(16)9-6-19-15/h1-4,6-7,9-10,12H,5,8,11H2/t12-/m1/s1. The Morgan fingerprint density at radius 3 is 2.78 bits per heavy atom. The molecule has 6 heteroatoms. The van der Waals surface area contributed by atoms with E-state index in [0.717, 1.165) is 6.42 Å². The average molecular weight is 310 g/mol. The largest absolute Gasteiger partial charge is 0.337 e. The third-order valence-corrected chi connectivity index (χ3v) is 4.33. The topological polar surface area (TPSA) is 50.5 Å². The Bertz CT molecular complexity index is 876. The number of rotatable bonds is 2. The Labute approximate surface area is 132 Å². The fraction of sp³-hybridized carbons (Fsp3) is 0.235. The van der Waals surface area contributed by atoms with Crippen molar-refractivity contribution in [2.45, 2.75) is 12.3 Å². The van der Waals surface area contributed by atoms with Crippen molar-refractivity contribution in [3.05, 3.63) is 66.1 Å². The van der Waals surface area contributed by atoms with Crippen LogP contribution in [0.5, 0.6) is 0 Å². The maximum absolute atomic E-state index is 13.9. The monoisotopic (exact) mass is 310 g/mol. The number of halogens is 1. The molecular weight excluding hydrogens is 295 g/mol. The maximum atomic E-state index is 13.9. The van der Waals surface area contributed by atoms with Crippen molar-refractivity contribution in [1.29, 1.82) is 0 Å². The van der Waals surface area contributed by atoms with E-state index in [0.29, 0.717) is 30.0 Å². The smallest absolute Gasteiger partial charge is 0.276 e. The zero-order valence-electron chi connectivity index (χ0n) is 12.4. The summed E-state index contributed by atoms with van der Waals surface area (Å²) in [5.41, 5.74) is 1.56. The van der Waals surface area contributed by atoms with E-state index in [9.17, 15) is 9.18 Å². The van der Waals surface area contributed by atoms with Gasteiger partial charge in [0.25, 0.3) is 5.91 Å². The Kier molecular flexibility index (Phi) is 3.29. The van der Waals surface area contributed by atoms with E-state index in [2.05, 4.69) is 9.97 Å². The summed E-state index contributed by atoms with van der Waals surface area (Å²) in [7, 11) is 0. The number of imidazole rings is 1. The highest BCUT2D eigenvalue weighted by molar-refractivity contribution is 5.97. The fourth-order valence-electron chi connectivity index (χ4n) is 3.16. The van der Waals surface area contributed by atoms with Crippen LogP contribution >= 0.6 is 0 Å². The minimum atomic E-state index is -0.208. The first-order valence-corrected chi connectivity index (χ1v) is 7.55. The molecule has 0 N–H and O–H groups in total. The fourth-order valence-corrected chi connectivity index (χ4v) is 3.16. The van der Waals surface area contributed by atoms with Crippen LogP contribution in [0.25, 0.3) is 5.65 Å². The van der Waals surface area contributed by atoms with E-state index in [1.165, 1.54) is 6.07 Å². The summed E-state index contributed by atoms with van der Waals surface area (Å²) in [5, 5.41) is 0. The number of hydrogen-bond acceptors (Lipinski definition) is 3. The van der Waals surface area contributed by atoms with Gasteiger partial charge in [0.15, 0.2) is 11.3 Å². The average Bonchev–Trinajstić information content (AvgIpc) is 3.23. The molecule has 1 aliphatic rings. The molecule has 2 aromatic heterocycles. The van der Waals surface area contributed by atoms with Crippen molar-refractivity contribution < 1.29 is 9.18 Å². The highest BCUT2D eigenvalue weighted by Crippen LogP contribution is 2.29. The second-order valence-electron chi connectivity index (χ2n) is 5.69. The Balaban J connectivity index is 1.59. The number of carbonyl (C=O) groups excluding carboxylic acids is 1. The molecule has 1 atom stereocenters. The van der Waals surface area contributed by atoms with E-state index < -0.39 is 0 Å². The van der Waals surface area contributed by atoms with Crippen molar-refractivity contribution in [3.8, 4) is 0 Å². The van der Waals surface area contributed by atoms with Crippen LogP contribution in [0.1, 0.15) is 28.4 Å². The van der Waals surface area contributed by atoms with Gasteiger partial charge in [0.2, 0.25) is 0 Å². The molecule has 0 bridgehead atoms. The molecule has 1 fully saturated rings. The van der Waals surface area contributed by atoms with Gasteiger partial charge in [-0.05, 0) is 18.1 Å². The van der Waals surface area contributed by atoms with Gasteiger partial charge in [0, 0.05) is 43.8 Å². The van der Waals surface area contributed by atoms with E-state index in [-0.39, 0.29) is 17.6 Å². The summed E-state index contributed by atoms with van der Waals surface area (Å²) in [4.78, 5) is 22.9. The molecule has 3 heterocycles. The van der Waals surface area contributed by atoms with Crippen molar-refractivity contribution in [1.82, 2.24) is 19.3 Å². The number of amides is 1. The molecule has 0 spiro atoms. The van der Waals surface area contributed by atoms with Gasteiger partial charge in [-0.15, -0.1) is 0 Å². The summed E-state index contributed by atoms with van der Waals surface area (Å²) in [5.74, 6) is -0.333. The first-order chi connectivity index (χ1) is 11.2. The predicted octanol–water partition coefficient (Wildman–Crippen LogP) is 2.50. The van der Waals surface area contributed by atoms with Crippen molar-refractivity contribution in [2.75, 3.05) is 13.1 Å². The quantitative estimate of drug-likeness (QED) is 0.731. The van der Waals surface area contributed by atoms with Crippen molar-refractivity contribution in [3.63, 3.8) is 0 Å². The molecule has 4 rings (SSSR count). The summed E-state index contributed by atoms with van der Waals surface area (Å²) in [6.07, 6.45) is 7.52. The van der Waals surface area contributed by atoms with Gasteiger partial charge in [0.05, 0.1) is 0 Å². The first-order valence-electron chi connectivity index (χ1n) is 7.55. The van der Waals surface area contributed by atoms with Gasteiger partial charge in [0.1, 0.15) is 5.82 Å². The lowest BCUT2D eigenvalue weighted by Crippen LogP contribution is -2.29. The van der Waals surface area contributed by atoms with Crippen molar-refractivity contribution >= 4 is 11.6 Å². The normalized spacial score (nSPS) is 17.8. The van der Waals surface area contributed by atoms with Crippen LogP contribution in [0.3, 0.4) is 0 Å². The number of aromatic nitrogens is 3. The van der Waals surface area contributed by atoms with Crippen LogP contribution in [0.4, 0.5) is 4.39 Å². The third-order valence-electron chi connectivity index (χ3n) is 4.33. The number of fused-ring (bicyclic) bond motifs is 1. The molecule has 0 aliphatic carbocycles. The van der Waals surface area contributed by atoms with E-state index in [1.807, 2.05) is 6.07 Å².